The molecule has 0 unspecified atom stereocenters. The number of halogens is 1. The number of rotatable bonds is 1. The first kappa shape index (κ1) is 12.9. The predicted octanol–water partition coefficient (Wildman–Crippen LogP) is 3.10. The van der Waals surface area contributed by atoms with Crippen molar-refractivity contribution in [3.8, 4) is 11.5 Å². The molecule has 3 heterocycles. The van der Waals surface area contributed by atoms with Crippen LogP contribution in [-0.2, 0) is 13.0 Å². The summed E-state index contributed by atoms with van der Waals surface area (Å²) in [4.78, 5) is 13.9. The van der Waals surface area contributed by atoms with Gasteiger partial charge < -0.3 is 5.32 Å². The molecule has 0 aliphatic carbocycles. The van der Waals surface area contributed by atoms with Crippen LogP contribution in [0.1, 0.15) is 11.3 Å². The third-order valence-corrected chi connectivity index (χ3v) is 4.30. The molecule has 21 heavy (non-hydrogen) atoms. The summed E-state index contributed by atoms with van der Waals surface area (Å²) < 4.78 is 0.926. The highest BCUT2D eigenvalue weighted by Crippen LogP contribution is 2.28. The Balaban J connectivity index is 1.87. The molecule has 4 nitrogen and oxygen atoms in total. The van der Waals surface area contributed by atoms with Crippen LogP contribution >= 0.6 is 15.9 Å². The number of hydrogen-bond acceptors (Lipinski definition) is 4. The van der Waals surface area contributed by atoms with Crippen LogP contribution in [0.5, 0.6) is 0 Å². The Morgan fingerprint density at radius 2 is 2.05 bits per heavy atom. The molecule has 0 saturated heterocycles. The molecule has 5 heteroatoms. The molecule has 1 N–H and O–H groups in total. The number of aromatic nitrogens is 3. The smallest absolute Gasteiger partial charge is 0.179 e. The van der Waals surface area contributed by atoms with Gasteiger partial charge in [0, 0.05) is 41.1 Å². The Kier molecular flexibility index (Phi) is 3.16. The fraction of sp³-hybridized carbons (Fsp3) is 0.188. The van der Waals surface area contributed by atoms with Crippen molar-refractivity contribution in [2.24, 2.45) is 0 Å². The minimum atomic E-state index is 0.688. The van der Waals surface area contributed by atoms with E-state index in [4.69, 9.17) is 9.97 Å². The van der Waals surface area contributed by atoms with Gasteiger partial charge in [-0.15, -0.1) is 0 Å². The Hall–Kier alpha value is -1.85. The minimum Gasteiger partial charge on any atom is -0.312 e. The van der Waals surface area contributed by atoms with Crippen molar-refractivity contribution in [3.05, 3.63) is 52.3 Å². The van der Waals surface area contributed by atoms with Crippen LogP contribution in [-0.4, -0.2) is 21.5 Å². The minimum absolute atomic E-state index is 0.688. The van der Waals surface area contributed by atoms with Crippen molar-refractivity contribution >= 4 is 26.8 Å². The molecule has 0 saturated carbocycles. The summed E-state index contributed by atoms with van der Waals surface area (Å²) >= 11 is 3.60. The second-order valence-corrected chi connectivity index (χ2v) is 5.96. The average Bonchev–Trinajstić information content (AvgIpc) is 2.54. The number of nitrogens with zero attached hydrogens (tertiary/aromatic N) is 3. The molecular formula is C16H13BrN4. The second-order valence-electron chi connectivity index (χ2n) is 5.10. The first-order valence-electron chi connectivity index (χ1n) is 6.92. The van der Waals surface area contributed by atoms with Crippen molar-refractivity contribution in [1.82, 2.24) is 20.3 Å². The van der Waals surface area contributed by atoms with Crippen molar-refractivity contribution in [2.75, 3.05) is 6.54 Å². The third-order valence-electron chi connectivity index (χ3n) is 3.70. The lowest BCUT2D eigenvalue weighted by Gasteiger charge is -2.16. The van der Waals surface area contributed by atoms with Crippen LogP contribution in [0, 0.1) is 0 Å². The van der Waals surface area contributed by atoms with Gasteiger partial charge in [0.15, 0.2) is 5.82 Å². The summed E-state index contributed by atoms with van der Waals surface area (Å²) in [5, 5.41) is 4.44. The van der Waals surface area contributed by atoms with Gasteiger partial charge in [0.25, 0.3) is 0 Å². The number of hydrogen-bond donors (Lipinski definition) is 1. The van der Waals surface area contributed by atoms with Gasteiger partial charge in [-0.25, -0.2) is 15.0 Å². The van der Waals surface area contributed by atoms with Gasteiger partial charge in [0.05, 0.1) is 11.2 Å². The topological polar surface area (TPSA) is 50.7 Å². The van der Waals surface area contributed by atoms with E-state index in [9.17, 15) is 0 Å². The monoisotopic (exact) mass is 340 g/mol. The Labute approximate surface area is 130 Å². The molecule has 0 amide bonds. The zero-order valence-electron chi connectivity index (χ0n) is 11.3. The molecular weight excluding hydrogens is 328 g/mol. The van der Waals surface area contributed by atoms with Gasteiger partial charge in [-0.2, -0.15) is 0 Å². The van der Waals surface area contributed by atoms with Crippen LogP contribution in [0.4, 0.5) is 0 Å². The highest BCUT2D eigenvalue weighted by molar-refractivity contribution is 9.10. The predicted molar refractivity (Wildman–Crippen MR) is 85.9 cm³/mol. The Morgan fingerprint density at radius 1 is 1.14 bits per heavy atom. The largest absolute Gasteiger partial charge is 0.312 e. The highest BCUT2D eigenvalue weighted by Gasteiger charge is 2.15. The number of nitrogens with one attached hydrogen (secondary N) is 1. The van der Waals surface area contributed by atoms with E-state index in [1.807, 2.05) is 24.4 Å². The molecule has 1 aromatic carbocycles. The summed E-state index contributed by atoms with van der Waals surface area (Å²) in [5.74, 6) is 0.688. The van der Waals surface area contributed by atoms with Crippen LogP contribution in [0.3, 0.4) is 0 Å². The maximum absolute atomic E-state index is 4.71. The average molecular weight is 341 g/mol. The normalized spacial score (nSPS) is 14.1. The Bertz CT molecular complexity index is 832. The highest BCUT2D eigenvalue weighted by atomic mass is 79.9. The van der Waals surface area contributed by atoms with E-state index >= 15 is 0 Å². The van der Waals surface area contributed by atoms with E-state index in [-0.39, 0.29) is 0 Å². The summed E-state index contributed by atoms with van der Waals surface area (Å²) in [7, 11) is 0. The van der Waals surface area contributed by atoms with E-state index in [2.05, 4.69) is 38.4 Å². The summed E-state index contributed by atoms with van der Waals surface area (Å²) in [6.07, 6.45) is 2.85. The van der Waals surface area contributed by atoms with Crippen molar-refractivity contribution in [3.63, 3.8) is 0 Å². The van der Waals surface area contributed by atoms with E-state index in [0.717, 1.165) is 46.3 Å². The first-order valence-corrected chi connectivity index (χ1v) is 7.72. The summed E-state index contributed by atoms with van der Waals surface area (Å²) in [6, 6.07) is 10.1. The molecule has 104 valence electrons. The molecule has 0 bridgehead atoms. The zero-order valence-corrected chi connectivity index (χ0v) is 12.9. The molecule has 0 radical (unpaired) electrons. The molecule has 0 fully saturated rings. The van der Waals surface area contributed by atoms with Crippen LogP contribution < -0.4 is 5.32 Å². The zero-order chi connectivity index (χ0) is 14.2. The molecule has 0 spiro atoms. The van der Waals surface area contributed by atoms with Crippen LogP contribution in [0.25, 0.3) is 22.4 Å². The summed E-state index contributed by atoms with van der Waals surface area (Å²) in [6.45, 7) is 1.82. The third kappa shape index (κ3) is 2.32. The second kappa shape index (κ2) is 5.16. The lowest BCUT2D eigenvalue weighted by molar-refractivity contribution is 0.626. The maximum atomic E-state index is 4.71. The van der Waals surface area contributed by atoms with E-state index in [1.54, 1.807) is 0 Å². The number of pyridine rings is 1. The fourth-order valence-electron chi connectivity index (χ4n) is 2.60. The van der Waals surface area contributed by atoms with Gasteiger partial charge in [0.1, 0.15) is 5.69 Å². The van der Waals surface area contributed by atoms with Gasteiger partial charge in [-0.05, 0) is 28.1 Å². The summed E-state index contributed by atoms with van der Waals surface area (Å²) in [5.41, 5.74) is 4.07. The van der Waals surface area contributed by atoms with Gasteiger partial charge in [-0.1, -0.05) is 18.2 Å². The maximum Gasteiger partial charge on any atom is 0.179 e. The van der Waals surface area contributed by atoms with E-state index in [1.165, 1.54) is 5.56 Å². The molecule has 2 aromatic heterocycles. The molecule has 3 aromatic rings. The van der Waals surface area contributed by atoms with Gasteiger partial charge >= 0.3 is 0 Å². The molecule has 4 rings (SSSR count). The van der Waals surface area contributed by atoms with Crippen molar-refractivity contribution in [1.29, 1.82) is 0 Å². The van der Waals surface area contributed by atoms with Crippen LogP contribution in [0.2, 0.25) is 0 Å². The number of fused-ring (bicyclic) bond motifs is 2. The van der Waals surface area contributed by atoms with Crippen LogP contribution in [0.15, 0.2) is 41.0 Å². The van der Waals surface area contributed by atoms with Gasteiger partial charge in [-0.3, -0.25) is 0 Å². The standard InChI is InChI=1S/C16H13BrN4/c17-12-7-10-3-1-2-4-13(10)20-15(12)16-19-9-11-8-18-6-5-14(11)21-16/h1-4,7,9,18H,5-6,8H2. The molecule has 1 aliphatic heterocycles. The lowest BCUT2D eigenvalue weighted by atomic mass is 10.1. The Morgan fingerprint density at radius 3 is 3.00 bits per heavy atom. The van der Waals surface area contributed by atoms with Gasteiger partial charge in [0.2, 0.25) is 0 Å². The quantitative estimate of drug-likeness (QED) is 0.739. The molecule has 1 aliphatic rings. The number of para-hydroxylation sites is 1. The number of benzene rings is 1. The van der Waals surface area contributed by atoms with E-state index < -0.39 is 0 Å². The SMILES string of the molecule is Brc1cc2ccccc2nc1-c1ncc2c(n1)CCNC2. The van der Waals surface area contributed by atoms with Crippen molar-refractivity contribution < 1.29 is 0 Å². The molecule has 0 atom stereocenters. The lowest BCUT2D eigenvalue weighted by Crippen LogP contribution is -2.25. The van der Waals surface area contributed by atoms with Crippen molar-refractivity contribution in [2.45, 2.75) is 13.0 Å². The fourth-order valence-corrected chi connectivity index (χ4v) is 3.11. The first-order chi connectivity index (χ1) is 10.3. The van der Waals surface area contributed by atoms with E-state index in [0.29, 0.717) is 5.82 Å².